The Labute approximate surface area is 176 Å². The molecule has 2 rings (SSSR count). The van der Waals surface area contributed by atoms with Gasteiger partial charge in [0.05, 0.1) is 0 Å². The zero-order chi connectivity index (χ0) is 23.0. The molecule has 6 nitrogen and oxygen atoms in total. The molecule has 0 unspecified atom stereocenters. The first-order valence-electron chi connectivity index (χ1n) is 9.98. The van der Waals surface area contributed by atoms with Gasteiger partial charge in [-0.25, -0.2) is 0 Å². The highest BCUT2D eigenvalue weighted by Crippen LogP contribution is 2.24. The summed E-state index contributed by atoms with van der Waals surface area (Å²) in [6.07, 6.45) is 3.59. The number of aryl methyl sites for hydroxylation is 1. The third kappa shape index (κ3) is 14.4. The first-order chi connectivity index (χ1) is 14.1. The van der Waals surface area contributed by atoms with Crippen molar-refractivity contribution >= 4 is 18.3 Å². The lowest BCUT2D eigenvalue weighted by molar-refractivity contribution is -0.274. The molecular weight excluding hydrogens is 399 g/mol. The average Bonchev–Trinajstić information content (AvgIpc) is 2.93. The van der Waals surface area contributed by atoms with Crippen LogP contribution < -0.4 is 10.5 Å². The van der Waals surface area contributed by atoms with E-state index in [1.807, 2.05) is 0 Å². The highest BCUT2D eigenvalue weighted by atomic mass is 19.4. The lowest BCUT2D eigenvalue weighted by Gasteiger charge is -2.14. The van der Waals surface area contributed by atoms with Crippen molar-refractivity contribution in [3.8, 4) is 5.75 Å². The van der Waals surface area contributed by atoms with Gasteiger partial charge < -0.3 is 15.2 Å². The number of amidine groups is 1. The molecule has 1 saturated carbocycles. The number of nitrogens with two attached hydrogens (primary N) is 1. The molecule has 30 heavy (non-hydrogen) atoms. The predicted octanol–water partition coefficient (Wildman–Crippen LogP) is 5.73. The molecule has 0 bridgehead atoms. The number of benzene rings is 1. The van der Waals surface area contributed by atoms with E-state index in [1.165, 1.54) is 31.4 Å². The van der Waals surface area contributed by atoms with E-state index in [0.717, 1.165) is 31.2 Å². The summed E-state index contributed by atoms with van der Waals surface area (Å²) in [6, 6.07) is 5.44. The first kappa shape index (κ1) is 27.4. The summed E-state index contributed by atoms with van der Waals surface area (Å²) in [6.45, 7) is 6.04. The van der Waals surface area contributed by atoms with Crippen LogP contribution >= 0.6 is 0 Å². The maximum Gasteiger partial charge on any atom is 0.573 e. The van der Waals surface area contributed by atoms with Crippen LogP contribution in [0.3, 0.4) is 0 Å². The normalized spacial score (nSPS) is 14.8. The van der Waals surface area contributed by atoms with Gasteiger partial charge in [0.25, 0.3) is 6.02 Å². The van der Waals surface area contributed by atoms with Gasteiger partial charge in [-0.2, -0.15) is 4.99 Å². The molecule has 1 aromatic carbocycles. The van der Waals surface area contributed by atoms with Gasteiger partial charge in [0.2, 0.25) is 6.41 Å². The smallest absolute Gasteiger partial charge is 0.411 e. The molecule has 0 atom stereocenters. The molecule has 1 aromatic rings. The van der Waals surface area contributed by atoms with Crippen molar-refractivity contribution in [2.75, 3.05) is 0 Å². The Morgan fingerprint density at radius 2 is 1.67 bits per heavy atom. The van der Waals surface area contributed by atoms with E-state index < -0.39 is 6.36 Å². The van der Waals surface area contributed by atoms with Crippen LogP contribution in [0.15, 0.2) is 29.3 Å². The average molecular weight is 431 g/mol. The fourth-order valence-electron chi connectivity index (χ4n) is 2.56. The topological polar surface area (TPSA) is 97.8 Å². The highest BCUT2D eigenvalue weighted by molar-refractivity contribution is 5.91. The van der Waals surface area contributed by atoms with E-state index >= 15 is 0 Å². The van der Waals surface area contributed by atoms with Crippen LogP contribution in [-0.4, -0.2) is 24.7 Å². The molecule has 3 N–H and O–H groups in total. The van der Waals surface area contributed by atoms with E-state index in [2.05, 4.69) is 23.6 Å². The molecule has 0 spiro atoms. The lowest BCUT2D eigenvalue weighted by atomic mass is 10.0. The molecule has 9 heteroatoms. The number of hydrogen-bond donors (Lipinski definition) is 2. The van der Waals surface area contributed by atoms with E-state index in [1.54, 1.807) is 19.1 Å². The first-order valence-corrected chi connectivity index (χ1v) is 9.98. The van der Waals surface area contributed by atoms with E-state index in [-0.39, 0.29) is 23.6 Å². The van der Waals surface area contributed by atoms with Crippen molar-refractivity contribution in [3.05, 3.63) is 29.8 Å². The van der Waals surface area contributed by atoms with Gasteiger partial charge in [0.15, 0.2) is 5.90 Å². The molecule has 0 aromatic heterocycles. The van der Waals surface area contributed by atoms with Gasteiger partial charge in [-0.1, -0.05) is 63.6 Å². The minimum atomic E-state index is -4.60. The van der Waals surface area contributed by atoms with Crippen LogP contribution in [0.4, 0.5) is 13.2 Å². The Kier molecular flexibility index (Phi) is 14.0. The number of amides is 1. The molecule has 170 valence electrons. The Hall–Kier alpha value is -2.58. The summed E-state index contributed by atoms with van der Waals surface area (Å²) in [5, 5.41) is 7.69. The van der Waals surface area contributed by atoms with Crippen molar-refractivity contribution < 1.29 is 27.4 Å². The minimum Gasteiger partial charge on any atom is -0.411 e. The number of nitrogens with one attached hydrogen (secondary N) is 1. The zero-order valence-corrected chi connectivity index (χ0v) is 17.8. The molecule has 1 fully saturated rings. The SMILES string of the molecule is CCC.Cc1ccc(OC(F)(F)F)cc1.N=C(OC(N)=NC=O)C1CCCCCC1. The van der Waals surface area contributed by atoms with Gasteiger partial charge in [0.1, 0.15) is 5.75 Å². The fourth-order valence-corrected chi connectivity index (χ4v) is 2.56. The van der Waals surface area contributed by atoms with Gasteiger partial charge in [-0.15, -0.1) is 13.2 Å². The molecule has 1 amide bonds. The van der Waals surface area contributed by atoms with Gasteiger partial charge in [-0.05, 0) is 31.9 Å². The maximum absolute atomic E-state index is 11.6. The molecule has 0 heterocycles. The van der Waals surface area contributed by atoms with Crippen LogP contribution in [0, 0.1) is 18.3 Å². The standard InChI is InChI=1S/C10H17N3O2.C8H7F3O.C3H8/c11-9(15-10(12)13-7-14)8-5-3-1-2-4-6-8;1-6-2-4-7(5-3-6)12-8(9,10)11;1-3-2/h7-8,11H,1-6H2,(H2,12,13,14);2-5H,1H3;3H2,1-2H3. The number of alkyl halides is 3. The van der Waals surface area contributed by atoms with Gasteiger partial charge >= 0.3 is 6.36 Å². The largest absolute Gasteiger partial charge is 0.573 e. The summed E-state index contributed by atoms with van der Waals surface area (Å²) in [5.74, 6) is 0.0843. The molecule has 1 aliphatic carbocycles. The van der Waals surface area contributed by atoms with Crippen molar-refractivity contribution in [2.24, 2.45) is 16.6 Å². The van der Waals surface area contributed by atoms with Crippen LogP contribution in [0.1, 0.15) is 64.4 Å². The second-order valence-corrected chi connectivity index (χ2v) is 6.80. The summed E-state index contributed by atoms with van der Waals surface area (Å²) < 4.78 is 43.5. The van der Waals surface area contributed by atoms with E-state index in [4.69, 9.17) is 15.9 Å². The number of rotatable bonds is 3. The second kappa shape index (κ2) is 15.3. The van der Waals surface area contributed by atoms with Gasteiger partial charge in [-0.3, -0.25) is 10.2 Å². The van der Waals surface area contributed by atoms with E-state index in [0.29, 0.717) is 6.41 Å². The molecule has 0 aliphatic heterocycles. The zero-order valence-electron chi connectivity index (χ0n) is 17.8. The third-order valence-corrected chi connectivity index (χ3v) is 3.87. The van der Waals surface area contributed by atoms with E-state index in [9.17, 15) is 18.0 Å². The summed E-state index contributed by atoms with van der Waals surface area (Å²) >= 11 is 0. The summed E-state index contributed by atoms with van der Waals surface area (Å²) in [4.78, 5) is 13.2. The van der Waals surface area contributed by atoms with Crippen LogP contribution in [-0.2, 0) is 9.53 Å². The molecule has 0 radical (unpaired) electrons. The number of carbonyl (C=O) groups is 1. The number of nitrogens with zero attached hydrogens (tertiary/aromatic N) is 1. The molecular formula is C21H32F3N3O3. The van der Waals surface area contributed by atoms with Crippen LogP contribution in [0.2, 0.25) is 0 Å². The quantitative estimate of drug-likeness (QED) is 0.276. The molecule has 0 saturated heterocycles. The Morgan fingerprint density at radius 3 is 2.10 bits per heavy atom. The molecule has 1 aliphatic rings. The predicted molar refractivity (Wildman–Crippen MR) is 112 cm³/mol. The maximum atomic E-state index is 11.6. The Morgan fingerprint density at radius 1 is 1.17 bits per heavy atom. The van der Waals surface area contributed by atoms with Gasteiger partial charge in [0, 0.05) is 5.92 Å². The lowest BCUT2D eigenvalue weighted by Crippen LogP contribution is -2.25. The van der Waals surface area contributed by atoms with Crippen molar-refractivity contribution in [1.29, 1.82) is 5.41 Å². The van der Waals surface area contributed by atoms with Crippen LogP contribution in [0.25, 0.3) is 0 Å². The summed E-state index contributed by atoms with van der Waals surface area (Å²) in [7, 11) is 0. The number of ether oxygens (including phenoxy) is 2. The number of aliphatic imine (C=N–C) groups is 1. The number of carbonyl (C=O) groups excluding carboxylic acids is 1. The third-order valence-electron chi connectivity index (χ3n) is 3.87. The monoisotopic (exact) mass is 431 g/mol. The van der Waals surface area contributed by atoms with Crippen molar-refractivity contribution in [2.45, 2.75) is 72.1 Å². The Balaban J connectivity index is 0.000000505. The number of hydrogen-bond acceptors (Lipinski definition) is 4. The summed E-state index contributed by atoms with van der Waals surface area (Å²) in [5.41, 5.74) is 6.18. The van der Waals surface area contributed by atoms with Crippen molar-refractivity contribution in [1.82, 2.24) is 0 Å². The minimum absolute atomic E-state index is 0.132. The fraction of sp³-hybridized carbons (Fsp3) is 0.571. The number of halogens is 3. The second-order valence-electron chi connectivity index (χ2n) is 6.80. The van der Waals surface area contributed by atoms with Crippen molar-refractivity contribution in [3.63, 3.8) is 0 Å². The Bertz CT molecular complexity index is 639. The highest BCUT2D eigenvalue weighted by Gasteiger charge is 2.30. The van der Waals surface area contributed by atoms with Crippen LogP contribution in [0.5, 0.6) is 5.75 Å².